The van der Waals surface area contributed by atoms with Crippen LogP contribution in [0.15, 0.2) is 6.20 Å². The molecule has 1 aromatic rings. The number of nitrogens with one attached hydrogen (secondary N) is 1. The molecule has 6 nitrogen and oxygen atoms in total. The highest BCUT2D eigenvalue weighted by atomic mass is 16.3. The number of carbonyl (C=O) groups is 1. The molecule has 1 aliphatic rings. The number of aliphatic hydroxyl groups excluding tert-OH is 1. The van der Waals surface area contributed by atoms with Crippen LogP contribution in [0.2, 0.25) is 0 Å². The van der Waals surface area contributed by atoms with Gasteiger partial charge in [-0.15, -0.1) is 5.10 Å². The number of hydrogen-bond donors (Lipinski definition) is 2. The first-order chi connectivity index (χ1) is 7.78. The number of rotatable bonds is 6. The van der Waals surface area contributed by atoms with E-state index < -0.39 is 0 Å². The molecule has 0 saturated heterocycles. The molecule has 1 amide bonds. The molecule has 1 heterocycles. The van der Waals surface area contributed by atoms with Gasteiger partial charge in [0.1, 0.15) is 6.54 Å². The van der Waals surface area contributed by atoms with Gasteiger partial charge < -0.3 is 10.4 Å². The van der Waals surface area contributed by atoms with E-state index in [2.05, 4.69) is 15.6 Å². The van der Waals surface area contributed by atoms with Crippen LogP contribution >= 0.6 is 0 Å². The molecular weight excluding hydrogens is 208 g/mol. The first-order valence-corrected chi connectivity index (χ1v) is 5.54. The lowest BCUT2D eigenvalue weighted by Gasteiger charge is -2.02. The first kappa shape index (κ1) is 11.1. The maximum atomic E-state index is 11.5. The predicted molar refractivity (Wildman–Crippen MR) is 56.5 cm³/mol. The smallest absolute Gasteiger partial charge is 0.241 e. The first-order valence-electron chi connectivity index (χ1n) is 5.54. The Morgan fingerprint density at radius 3 is 3.12 bits per heavy atom. The van der Waals surface area contributed by atoms with Gasteiger partial charge in [0.25, 0.3) is 0 Å². The fourth-order valence-electron chi connectivity index (χ4n) is 1.43. The molecule has 0 aliphatic heterocycles. The van der Waals surface area contributed by atoms with Crippen LogP contribution in [0.25, 0.3) is 0 Å². The zero-order valence-electron chi connectivity index (χ0n) is 9.09. The molecule has 88 valence electrons. The largest absolute Gasteiger partial charge is 0.396 e. The van der Waals surface area contributed by atoms with E-state index in [-0.39, 0.29) is 19.1 Å². The average Bonchev–Trinajstić information content (AvgIpc) is 2.99. The van der Waals surface area contributed by atoms with E-state index in [1.54, 1.807) is 6.20 Å². The maximum Gasteiger partial charge on any atom is 0.241 e. The standard InChI is InChI=1S/C10H16N4O2/c15-4-3-9-6-14(13-12-9)7-10(16)11-5-8-1-2-8/h6,8,15H,1-5,7H2,(H,11,16). The summed E-state index contributed by atoms with van der Waals surface area (Å²) in [5.74, 6) is 0.650. The summed E-state index contributed by atoms with van der Waals surface area (Å²) >= 11 is 0. The van der Waals surface area contributed by atoms with Crippen molar-refractivity contribution in [2.75, 3.05) is 13.2 Å². The van der Waals surface area contributed by atoms with E-state index in [0.29, 0.717) is 18.0 Å². The van der Waals surface area contributed by atoms with Crippen molar-refractivity contribution in [3.05, 3.63) is 11.9 Å². The Kier molecular flexibility index (Phi) is 3.51. The van der Waals surface area contributed by atoms with Crippen molar-refractivity contribution in [2.45, 2.75) is 25.8 Å². The van der Waals surface area contributed by atoms with E-state index in [9.17, 15) is 4.79 Å². The van der Waals surface area contributed by atoms with Gasteiger partial charge in [-0.25, -0.2) is 4.68 Å². The molecule has 2 rings (SSSR count). The van der Waals surface area contributed by atoms with Crippen molar-refractivity contribution >= 4 is 5.91 Å². The second-order valence-corrected chi connectivity index (χ2v) is 4.13. The second kappa shape index (κ2) is 5.07. The van der Waals surface area contributed by atoms with Crippen molar-refractivity contribution in [1.82, 2.24) is 20.3 Å². The van der Waals surface area contributed by atoms with Gasteiger partial charge in [-0.05, 0) is 18.8 Å². The van der Waals surface area contributed by atoms with Crippen LogP contribution < -0.4 is 5.32 Å². The molecule has 1 fully saturated rings. The van der Waals surface area contributed by atoms with Crippen LogP contribution in [0.5, 0.6) is 0 Å². The van der Waals surface area contributed by atoms with Crippen LogP contribution in [0.4, 0.5) is 0 Å². The minimum absolute atomic E-state index is 0.0349. The van der Waals surface area contributed by atoms with E-state index in [0.717, 1.165) is 6.54 Å². The highest BCUT2D eigenvalue weighted by Gasteiger charge is 2.21. The summed E-state index contributed by atoms with van der Waals surface area (Å²) < 4.78 is 1.49. The molecular formula is C10H16N4O2. The molecule has 16 heavy (non-hydrogen) atoms. The summed E-state index contributed by atoms with van der Waals surface area (Å²) in [6, 6.07) is 0. The normalized spacial score (nSPS) is 15.1. The maximum absolute atomic E-state index is 11.5. The third-order valence-electron chi connectivity index (χ3n) is 2.54. The summed E-state index contributed by atoms with van der Waals surface area (Å²) in [4.78, 5) is 11.5. The van der Waals surface area contributed by atoms with Gasteiger partial charge in [0, 0.05) is 25.8 Å². The third-order valence-corrected chi connectivity index (χ3v) is 2.54. The lowest BCUT2D eigenvalue weighted by Crippen LogP contribution is -2.29. The molecule has 2 N–H and O–H groups in total. The Labute approximate surface area is 93.6 Å². The van der Waals surface area contributed by atoms with Crippen molar-refractivity contribution in [2.24, 2.45) is 5.92 Å². The van der Waals surface area contributed by atoms with Crippen LogP contribution in [0.1, 0.15) is 18.5 Å². The SMILES string of the molecule is O=C(Cn1cc(CCO)nn1)NCC1CC1. The molecule has 0 aromatic carbocycles. The Hall–Kier alpha value is -1.43. The lowest BCUT2D eigenvalue weighted by atomic mass is 10.3. The van der Waals surface area contributed by atoms with Gasteiger partial charge in [-0.2, -0.15) is 0 Å². The predicted octanol–water partition coefficient (Wildman–Crippen LogP) is -0.661. The highest BCUT2D eigenvalue weighted by Crippen LogP contribution is 2.27. The molecule has 0 bridgehead atoms. The minimum Gasteiger partial charge on any atom is -0.396 e. The fraction of sp³-hybridized carbons (Fsp3) is 0.700. The van der Waals surface area contributed by atoms with Crippen molar-refractivity contribution < 1.29 is 9.90 Å². The number of nitrogens with zero attached hydrogens (tertiary/aromatic N) is 3. The zero-order valence-corrected chi connectivity index (χ0v) is 9.09. The topological polar surface area (TPSA) is 80.0 Å². The molecule has 1 saturated carbocycles. The summed E-state index contributed by atoms with van der Waals surface area (Å²) in [7, 11) is 0. The quantitative estimate of drug-likeness (QED) is 0.672. The third kappa shape index (κ3) is 3.30. The van der Waals surface area contributed by atoms with Crippen LogP contribution in [0, 0.1) is 5.92 Å². The Bertz CT molecular complexity index is 359. The Balaban J connectivity index is 1.75. The monoisotopic (exact) mass is 224 g/mol. The molecule has 0 atom stereocenters. The van der Waals surface area contributed by atoms with Crippen molar-refractivity contribution in [1.29, 1.82) is 0 Å². The number of aromatic nitrogens is 3. The molecule has 1 aromatic heterocycles. The van der Waals surface area contributed by atoms with Crippen LogP contribution in [-0.2, 0) is 17.8 Å². The lowest BCUT2D eigenvalue weighted by molar-refractivity contribution is -0.121. The number of aliphatic hydroxyl groups is 1. The van der Waals surface area contributed by atoms with E-state index in [1.807, 2.05) is 0 Å². The number of carbonyl (C=O) groups excluding carboxylic acids is 1. The summed E-state index contributed by atoms with van der Waals surface area (Å²) in [6.45, 7) is 1.02. The minimum atomic E-state index is -0.0349. The van der Waals surface area contributed by atoms with Gasteiger partial charge in [0.2, 0.25) is 5.91 Å². The van der Waals surface area contributed by atoms with Gasteiger partial charge in [-0.1, -0.05) is 5.21 Å². The van der Waals surface area contributed by atoms with Crippen LogP contribution in [0.3, 0.4) is 0 Å². The van der Waals surface area contributed by atoms with Crippen molar-refractivity contribution in [3.8, 4) is 0 Å². The molecule has 6 heteroatoms. The highest BCUT2D eigenvalue weighted by molar-refractivity contribution is 5.75. The van der Waals surface area contributed by atoms with E-state index in [4.69, 9.17) is 5.11 Å². The van der Waals surface area contributed by atoms with Gasteiger partial charge in [-0.3, -0.25) is 4.79 Å². The fourth-order valence-corrected chi connectivity index (χ4v) is 1.43. The molecule has 0 unspecified atom stereocenters. The second-order valence-electron chi connectivity index (χ2n) is 4.13. The number of amides is 1. The summed E-state index contributed by atoms with van der Waals surface area (Å²) in [5, 5.41) is 19.2. The van der Waals surface area contributed by atoms with Gasteiger partial charge in [0.05, 0.1) is 5.69 Å². The molecule has 0 radical (unpaired) electrons. The Morgan fingerprint density at radius 1 is 1.62 bits per heavy atom. The zero-order chi connectivity index (χ0) is 11.4. The van der Waals surface area contributed by atoms with Crippen LogP contribution in [-0.4, -0.2) is 39.2 Å². The van der Waals surface area contributed by atoms with Crippen molar-refractivity contribution in [3.63, 3.8) is 0 Å². The van der Waals surface area contributed by atoms with Gasteiger partial charge in [0.15, 0.2) is 0 Å². The Morgan fingerprint density at radius 2 is 2.44 bits per heavy atom. The average molecular weight is 224 g/mol. The summed E-state index contributed by atoms with van der Waals surface area (Å²) in [5.41, 5.74) is 0.706. The number of hydrogen-bond acceptors (Lipinski definition) is 4. The molecule has 0 spiro atoms. The van der Waals surface area contributed by atoms with E-state index in [1.165, 1.54) is 17.5 Å². The summed E-state index contributed by atoms with van der Waals surface area (Å²) in [6.07, 6.45) is 4.62. The van der Waals surface area contributed by atoms with Gasteiger partial charge >= 0.3 is 0 Å². The van der Waals surface area contributed by atoms with E-state index >= 15 is 0 Å². The molecule has 1 aliphatic carbocycles.